The van der Waals surface area contributed by atoms with Gasteiger partial charge in [-0.2, -0.15) is 0 Å². The van der Waals surface area contributed by atoms with E-state index in [0.717, 1.165) is 5.56 Å². The summed E-state index contributed by atoms with van der Waals surface area (Å²) >= 11 is 0. The van der Waals surface area contributed by atoms with Crippen LogP contribution in [0.15, 0.2) is 30.3 Å². The Hall–Kier alpha value is -0.350. The van der Waals surface area contributed by atoms with Gasteiger partial charge in [0.05, 0.1) is 18.7 Å². The number of hydrogen-bond donors (Lipinski definition) is 0. The molecule has 1 unspecified atom stereocenters. The van der Waals surface area contributed by atoms with Gasteiger partial charge in [-0.1, -0.05) is 30.3 Å². The van der Waals surface area contributed by atoms with Crippen LogP contribution in [0.25, 0.3) is 0 Å². The summed E-state index contributed by atoms with van der Waals surface area (Å²) in [6.07, 6.45) is -0.861. The third kappa shape index (κ3) is 4.77. The zero-order valence-corrected chi connectivity index (χ0v) is 10.4. The fraction of sp³-hybridized carbons (Fsp3) is 0.300. The summed E-state index contributed by atoms with van der Waals surface area (Å²) in [5.74, 6) is -1.18. The fourth-order valence-electron chi connectivity index (χ4n) is 0.864. The van der Waals surface area contributed by atoms with Crippen LogP contribution in [0.3, 0.4) is 0 Å². The standard InChI is InChI=1S/C10H12O3.Na/c1-8(10(11)12)13-7-9-5-3-2-4-6-9;/h2-6,8H,7H2,1H3,(H,11,12);/q;+1/p-1. The maximum atomic E-state index is 10.3. The molecule has 0 heterocycles. The quantitative estimate of drug-likeness (QED) is 0.501. The second-order valence-electron chi connectivity index (χ2n) is 2.76. The van der Waals surface area contributed by atoms with Gasteiger partial charge in [0.25, 0.3) is 0 Å². The molecule has 0 aliphatic rings. The van der Waals surface area contributed by atoms with E-state index in [-0.39, 0.29) is 29.6 Å². The van der Waals surface area contributed by atoms with E-state index in [1.165, 1.54) is 6.92 Å². The van der Waals surface area contributed by atoms with E-state index >= 15 is 0 Å². The van der Waals surface area contributed by atoms with Gasteiger partial charge < -0.3 is 14.6 Å². The molecule has 0 spiro atoms. The van der Waals surface area contributed by atoms with Crippen molar-refractivity contribution in [3.63, 3.8) is 0 Å². The molecule has 0 aromatic heterocycles. The molecule has 1 aromatic carbocycles. The largest absolute Gasteiger partial charge is 1.00 e. The molecular formula is C10H11NaO3. The maximum Gasteiger partial charge on any atom is 1.00 e. The van der Waals surface area contributed by atoms with Crippen LogP contribution in [0.4, 0.5) is 0 Å². The van der Waals surface area contributed by atoms with Crippen molar-refractivity contribution < 1.29 is 44.2 Å². The number of carbonyl (C=O) groups excluding carboxylic acids is 1. The van der Waals surface area contributed by atoms with Crippen molar-refractivity contribution in [3.05, 3.63) is 35.9 Å². The zero-order chi connectivity index (χ0) is 9.68. The summed E-state index contributed by atoms with van der Waals surface area (Å²) in [6.45, 7) is 1.76. The Balaban J connectivity index is 0.00000169. The van der Waals surface area contributed by atoms with Gasteiger partial charge in [0.1, 0.15) is 0 Å². The second kappa shape index (κ2) is 7.01. The van der Waals surface area contributed by atoms with Crippen molar-refractivity contribution >= 4 is 5.97 Å². The van der Waals surface area contributed by atoms with Crippen LogP contribution in [0.1, 0.15) is 12.5 Å². The van der Waals surface area contributed by atoms with Crippen LogP contribution < -0.4 is 34.7 Å². The molecule has 3 nitrogen and oxygen atoms in total. The molecule has 0 aliphatic heterocycles. The molecular weight excluding hydrogens is 191 g/mol. The predicted molar refractivity (Wildman–Crippen MR) is 45.7 cm³/mol. The van der Waals surface area contributed by atoms with Crippen molar-refractivity contribution in [2.75, 3.05) is 0 Å². The van der Waals surface area contributed by atoms with Gasteiger partial charge in [0.2, 0.25) is 0 Å². The van der Waals surface area contributed by atoms with Gasteiger partial charge in [-0.3, -0.25) is 0 Å². The van der Waals surface area contributed by atoms with Crippen molar-refractivity contribution in [1.29, 1.82) is 0 Å². The first-order chi connectivity index (χ1) is 6.20. The minimum absolute atomic E-state index is 0. The molecule has 0 fully saturated rings. The molecule has 14 heavy (non-hydrogen) atoms. The normalized spacial score (nSPS) is 11.5. The number of carbonyl (C=O) groups is 1. The molecule has 1 atom stereocenters. The number of carboxylic acids is 1. The molecule has 0 radical (unpaired) electrons. The Morgan fingerprint density at radius 1 is 1.43 bits per heavy atom. The summed E-state index contributed by atoms with van der Waals surface area (Å²) in [4.78, 5) is 10.3. The van der Waals surface area contributed by atoms with Crippen molar-refractivity contribution in [2.45, 2.75) is 19.6 Å². The Bertz CT molecular complexity index is 274. The first kappa shape index (κ1) is 13.7. The summed E-state index contributed by atoms with van der Waals surface area (Å²) in [5, 5.41) is 10.3. The molecule has 0 aliphatic carbocycles. The first-order valence-electron chi connectivity index (χ1n) is 4.06. The van der Waals surface area contributed by atoms with E-state index in [1.54, 1.807) is 0 Å². The van der Waals surface area contributed by atoms with Crippen LogP contribution in [-0.4, -0.2) is 12.1 Å². The molecule has 1 rings (SSSR count). The number of rotatable bonds is 4. The van der Waals surface area contributed by atoms with Gasteiger partial charge in [-0.15, -0.1) is 0 Å². The smallest absolute Gasteiger partial charge is 0.547 e. The van der Waals surface area contributed by atoms with E-state index in [4.69, 9.17) is 4.74 Å². The molecule has 1 aromatic rings. The minimum atomic E-state index is -1.18. The van der Waals surface area contributed by atoms with Gasteiger partial charge >= 0.3 is 29.6 Å². The number of carboxylic acid groups (broad SMARTS) is 1. The summed E-state index contributed by atoms with van der Waals surface area (Å²) in [5.41, 5.74) is 0.954. The molecule has 70 valence electrons. The third-order valence-electron chi connectivity index (χ3n) is 1.67. The number of benzene rings is 1. The van der Waals surface area contributed by atoms with Crippen LogP contribution in [0, 0.1) is 0 Å². The van der Waals surface area contributed by atoms with Gasteiger partial charge in [0, 0.05) is 0 Å². The van der Waals surface area contributed by atoms with Crippen LogP contribution in [0.5, 0.6) is 0 Å². The van der Waals surface area contributed by atoms with Crippen LogP contribution in [0.2, 0.25) is 0 Å². The van der Waals surface area contributed by atoms with Gasteiger partial charge in [-0.05, 0) is 12.5 Å². The van der Waals surface area contributed by atoms with Crippen LogP contribution >= 0.6 is 0 Å². The molecule has 0 saturated heterocycles. The molecule has 0 saturated carbocycles. The minimum Gasteiger partial charge on any atom is -0.547 e. The summed E-state index contributed by atoms with van der Waals surface area (Å²) in [6, 6.07) is 9.40. The van der Waals surface area contributed by atoms with Crippen molar-refractivity contribution in [2.24, 2.45) is 0 Å². The first-order valence-corrected chi connectivity index (χ1v) is 4.06. The summed E-state index contributed by atoms with van der Waals surface area (Å²) < 4.78 is 5.03. The zero-order valence-electron chi connectivity index (χ0n) is 8.40. The Kier molecular flexibility index (Phi) is 6.83. The van der Waals surface area contributed by atoms with E-state index in [9.17, 15) is 9.90 Å². The topological polar surface area (TPSA) is 49.4 Å². The van der Waals surface area contributed by atoms with Gasteiger partial charge in [-0.25, -0.2) is 0 Å². The molecule has 0 N–H and O–H groups in total. The molecule has 4 heteroatoms. The second-order valence-corrected chi connectivity index (χ2v) is 2.76. The van der Waals surface area contributed by atoms with E-state index < -0.39 is 12.1 Å². The number of aliphatic carboxylic acids is 1. The monoisotopic (exact) mass is 202 g/mol. The average molecular weight is 202 g/mol. The predicted octanol–water partition coefficient (Wildman–Crippen LogP) is -2.65. The molecule has 0 amide bonds. The summed E-state index contributed by atoms with van der Waals surface area (Å²) in [7, 11) is 0. The molecule has 0 bridgehead atoms. The SMILES string of the molecule is CC(OCc1ccccc1)C(=O)[O-].[Na+]. The number of hydrogen-bond acceptors (Lipinski definition) is 3. The van der Waals surface area contributed by atoms with Crippen LogP contribution in [-0.2, 0) is 16.1 Å². The van der Waals surface area contributed by atoms with Crippen molar-refractivity contribution in [1.82, 2.24) is 0 Å². The Morgan fingerprint density at radius 3 is 2.50 bits per heavy atom. The van der Waals surface area contributed by atoms with E-state index in [0.29, 0.717) is 6.61 Å². The Morgan fingerprint density at radius 2 is 2.00 bits per heavy atom. The van der Waals surface area contributed by atoms with E-state index in [2.05, 4.69) is 0 Å². The van der Waals surface area contributed by atoms with Crippen molar-refractivity contribution in [3.8, 4) is 0 Å². The van der Waals surface area contributed by atoms with E-state index in [1.807, 2.05) is 30.3 Å². The Labute approximate surface area is 105 Å². The maximum absolute atomic E-state index is 10.3. The third-order valence-corrected chi connectivity index (χ3v) is 1.67. The number of ether oxygens (including phenoxy) is 1. The average Bonchev–Trinajstić information content (AvgIpc) is 2.15. The van der Waals surface area contributed by atoms with Gasteiger partial charge in [0.15, 0.2) is 0 Å². The fourth-order valence-corrected chi connectivity index (χ4v) is 0.864.